The Kier molecular flexibility index (Phi) is 9.98. The van der Waals surface area contributed by atoms with Crippen LogP contribution in [0.25, 0.3) is 16.9 Å². The van der Waals surface area contributed by atoms with Crippen molar-refractivity contribution in [2.24, 2.45) is 11.1 Å². The van der Waals surface area contributed by atoms with E-state index in [0.717, 1.165) is 34.5 Å². The van der Waals surface area contributed by atoms with E-state index in [1.165, 1.54) is 30.0 Å². The van der Waals surface area contributed by atoms with E-state index in [9.17, 15) is 14.4 Å². The van der Waals surface area contributed by atoms with Gasteiger partial charge in [0.25, 0.3) is 11.8 Å². The van der Waals surface area contributed by atoms with E-state index in [2.05, 4.69) is 31.5 Å². The summed E-state index contributed by atoms with van der Waals surface area (Å²) < 4.78 is 33.4. The summed E-state index contributed by atoms with van der Waals surface area (Å²) in [4.78, 5) is 51.2. The van der Waals surface area contributed by atoms with Crippen LogP contribution in [0.4, 0.5) is 31.7 Å². The monoisotopic (exact) mass is 822 g/mol. The first-order valence-electron chi connectivity index (χ1n) is 20.1. The van der Waals surface area contributed by atoms with Gasteiger partial charge in [0.1, 0.15) is 5.69 Å². The number of fused-ring (bicyclic) bond motifs is 2. The van der Waals surface area contributed by atoms with Gasteiger partial charge in [-0.1, -0.05) is 49.1 Å². The molecule has 4 aliphatic heterocycles. The standard InChI is InChI=1S/C40H39ClF2N10O3.C3H6/c1-45-31-16-34(49-53-33(36(44)55)18-47-37(31)53)52-13-11-26-25(3-2-4-32(26)52)30-9-5-23(17-46-30)19-50-20-39(21-50)12-14-51(22-40(39,42)43)24-6-8-29(41)28(15-24)27-7-10-35(54)48-38(27)56;1-2-3-1/h2-6,8-9,15-18,27,45H,7,10-14,19-22H2,1H3,(H2,44,55)(H,48,54,56);1-3H2. The number of nitrogens with zero attached hydrogens (tertiary/aromatic N) is 7. The normalized spacial score (nSPS) is 20.4. The first kappa shape index (κ1) is 38.8. The quantitative estimate of drug-likeness (QED) is 0.152. The molecule has 0 radical (unpaired) electrons. The minimum Gasteiger partial charge on any atom is -0.385 e. The predicted octanol–water partition coefficient (Wildman–Crippen LogP) is 6.32. The molecule has 59 heavy (non-hydrogen) atoms. The van der Waals surface area contributed by atoms with Crippen molar-refractivity contribution in [3.8, 4) is 11.3 Å². The highest BCUT2D eigenvalue weighted by Crippen LogP contribution is 2.51. The van der Waals surface area contributed by atoms with E-state index in [1.807, 2.05) is 36.5 Å². The number of aromatic nitrogens is 4. The van der Waals surface area contributed by atoms with Crippen molar-refractivity contribution < 1.29 is 23.2 Å². The lowest BCUT2D eigenvalue weighted by atomic mass is 9.69. The topological polar surface area (TPSA) is 154 Å². The third-order valence-electron chi connectivity index (χ3n) is 12.2. The summed E-state index contributed by atoms with van der Waals surface area (Å²) in [6, 6.07) is 17.1. The number of amides is 3. The molecule has 13 nitrogen and oxygen atoms in total. The minimum atomic E-state index is -2.93. The fraction of sp³-hybridized carbons (Fsp3) is 0.395. The number of piperidine rings is 2. The van der Waals surface area contributed by atoms with Gasteiger partial charge in [-0.2, -0.15) is 0 Å². The molecule has 3 aromatic heterocycles. The summed E-state index contributed by atoms with van der Waals surface area (Å²) >= 11 is 6.45. The lowest BCUT2D eigenvalue weighted by molar-refractivity contribution is -0.199. The van der Waals surface area contributed by atoms with Crippen LogP contribution in [0.15, 0.2) is 67.0 Å². The Labute approximate surface area is 344 Å². The van der Waals surface area contributed by atoms with Crippen LogP contribution in [0.3, 0.4) is 0 Å². The minimum absolute atomic E-state index is 0.195. The fourth-order valence-corrected chi connectivity index (χ4v) is 9.07. The van der Waals surface area contributed by atoms with Crippen LogP contribution >= 0.6 is 11.6 Å². The molecule has 5 aromatic rings. The van der Waals surface area contributed by atoms with Gasteiger partial charge in [0.05, 0.1) is 35.5 Å². The average Bonchev–Trinajstić information content (AvgIpc) is 3.93. The lowest BCUT2D eigenvalue weighted by Crippen LogP contribution is -2.69. The number of likely N-dealkylation sites (tertiary alicyclic amines) is 1. The molecule has 2 aromatic carbocycles. The van der Waals surface area contributed by atoms with Gasteiger partial charge in [-0.25, -0.2) is 18.3 Å². The number of nitrogens with one attached hydrogen (secondary N) is 2. The van der Waals surface area contributed by atoms with Crippen LogP contribution in [0.5, 0.6) is 0 Å². The summed E-state index contributed by atoms with van der Waals surface area (Å²) in [5, 5.41) is 10.6. The molecule has 16 heteroatoms. The Hall–Kier alpha value is -5.67. The highest BCUT2D eigenvalue weighted by atomic mass is 35.5. The summed E-state index contributed by atoms with van der Waals surface area (Å²) in [7, 11) is 1.79. The second-order valence-corrected chi connectivity index (χ2v) is 16.6. The Balaban J connectivity index is 0.00000143. The summed E-state index contributed by atoms with van der Waals surface area (Å²) in [5.41, 5.74) is 11.9. The van der Waals surface area contributed by atoms with E-state index in [4.69, 9.17) is 27.4 Å². The van der Waals surface area contributed by atoms with Crippen molar-refractivity contribution in [3.05, 3.63) is 94.4 Å². The van der Waals surface area contributed by atoms with Gasteiger partial charge in [0, 0.05) is 80.4 Å². The van der Waals surface area contributed by atoms with Gasteiger partial charge in [-0.05, 0) is 66.3 Å². The molecule has 1 aliphatic carbocycles. The van der Waals surface area contributed by atoms with Crippen LogP contribution in [0, 0.1) is 5.41 Å². The predicted molar refractivity (Wildman–Crippen MR) is 221 cm³/mol. The molecule has 306 valence electrons. The van der Waals surface area contributed by atoms with Crippen molar-refractivity contribution in [2.45, 2.75) is 63.3 Å². The van der Waals surface area contributed by atoms with Gasteiger partial charge in [-0.3, -0.25) is 29.6 Å². The number of halogens is 3. The first-order valence-corrected chi connectivity index (χ1v) is 20.5. The number of pyridine rings is 1. The van der Waals surface area contributed by atoms with Gasteiger partial charge in [0.15, 0.2) is 11.5 Å². The molecule has 1 atom stereocenters. The van der Waals surface area contributed by atoms with Crippen LogP contribution < -0.4 is 26.2 Å². The van der Waals surface area contributed by atoms with E-state index in [0.29, 0.717) is 65.9 Å². The smallest absolute Gasteiger partial charge is 0.273 e. The molecule has 3 amide bonds. The Morgan fingerprint density at radius 1 is 1.00 bits per heavy atom. The Morgan fingerprint density at radius 2 is 1.81 bits per heavy atom. The van der Waals surface area contributed by atoms with E-state index in [-0.39, 0.29) is 31.1 Å². The number of nitrogens with two attached hydrogens (primary N) is 1. The number of benzene rings is 2. The van der Waals surface area contributed by atoms with Crippen molar-refractivity contribution in [1.82, 2.24) is 29.8 Å². The van der Waals surface area contributed by atoms with Crippen LogP contribution in [0.2, 0.25) is 5.02 Å². The van der Waals surface area contributed by atoms with E-state index in [1.54, 1.807) is 30.1 Å². The number of imidazole rings is 1. The van der Waals surface area contributed by atoms with Crippen LogP contribution in [-0.4, -0.2) is 87.9 Å². The number of imide groups is 1. The van der Waals surface area contributed by atoms with E-state index >= 15 is 8.78 Å². The maximum absolute atomic E-state index is 16.0. The molecular formula is C43H45ClF2N10O3. The number of hydrogen-bond donors (Lipinski definition) is 3. The number of carbonyl (C=O) groups excluding carboxylic acids is 3. The summed E-state index contributed by atoms with van der Waals surface area (Å²) in [6.45, 7) is 1.80. The highest BCUT2D eigenvalue weighted by Gasteiger charge is 2.62. The summed E-state index contributed by atoms with van der Waals surface area (Å²) in [5.74, 6) is -4.23. The maximum atomic E-state index is 16.0. The molecule has 4 fully saturated rings. The number of hydrogen-bond acceptors (Lipinski definition) is 10. The van der Waals surface area contributed by atoms with E-state index < -0.39 is 35.6 Å². The molecular weight excluding hydrogens is 778 g/mol. The maximum Gasteiger partial charge on any atom is 0.273 e. The number of primary amides is 1. The molecule has 1 unspecified atom stereocenters. The third-order valence-corrected chi connectivity index (χ3v) is 12.5. The molecule has 1 saturated carbocycles. The van der Waals surface area contributed by atoms with Gasteiger partial charge < -0.3 is 20.9 Å². The second kappa shape index (κ2) is 15.2. The summed E-state index contributed by atoms with van der Waals surface area (Å²) in [6.07, 6.45) is 9.37. The van der Waals surface area contributed by atoms with Gasteiger partial charge in [0.2, 0.25) is 11.8 Å². The molecule has 7 heterocycles. The van der Waals surface area contributed by atoms with Crippen molar-refractivity contribution in [1.29, 1.82) is 0 Å². The van der Waals surface area contributed by atoms with Gasteiger partial charge in [-0.15, -0.1) is 5.10 Å². The molecule has 3 saturated heterocycles. The molecule has 1 spiro atoms. The van der Waals surface area contributed by atoms with Crippen LogP contribution in [0.1, 0.15) is 71.6 Å². The highest BCUT2D eigenvalue weighted by molar-refractivity contribution is 6.31. The molecule has 5 aliphatic rings. The molecule has 4 N–H and O–H groups in total. The second-order valence-electron chi connectivity index (χ2n) is 16.2. The lowest BCUT2D eigenvalue weighted by Gasteiger charge is -2.57. The number of alkyl halides is 2. The van der Waals surface area contributed by atoms with Gasteiger partial charge >= 0.3 is 0 Å². The third kappa shape index (κ3) is 7.24. The zero-order valence-corrected chi connectivity index (χ0v) is 33.4. The van der Waals surface area contributed by atoms with Crippen LogP contribution in [-0.2, 0) is 22.6 Å². The Morgan fingerprint density at radius 3 is 2.51 bits per heavy atom. The van der Waals surface area contributed by atoms with Crippen molar-refractivity contribution in [3.63, 3.8) is 0 Å². The van der Waals surface area contributed by atoms with Crippen molar-refractivity contribution >= 4 is 57.8 Å². The zero-order valence-electron chi connectivity index (χ0n) is 32.7. The van der Waals surface area contributed by atoms with Crippen molar-refractivity contribution in [2.75, 3.05) is 54.9 Å². The number of anilines is 4. The number of carbonyl (C=O) groups is 3. The zero-order chi connectivity index (χ0) is 41.1. The first-order chi connectivity index (χ1) is 28.4. The molecule has 10 rings (SSSR count). The fourth-order valence-electron chi connectivity index (χ4n) is 8.82. The average molecular weight is 823 g/mol. The largest absolute Gasteiger partial charge is 0.385 e. The molecule has 0 bridgehead atoms. The Bertz CT molecular complexity index is 2470. The SMILES string of the molecule is C1CC1.CNc1cc(N2CCc3c(-c4ccc(CN5CC6(CCN(c7ccc(Cl)c(C8CCC(=O)NC8=O)c7)CC6(F)F)C5)cn4)cccc32)nn2c(C(N)=O)cnc12. The number of rotatable bonds is 8.